The molecule has 0 unspecified atom stereocenters. The van der Waals surface area contributed by atoms with Gasteiger partial charge in [-0.15, -0.1) is 0 Å². The molecule has 198 valence electrons. The molecule has 6 heteroatoms. The molecule has 1 aromatic rings. The lowest BCUT2D eigenvalue weighted by Gasteiger charge is -2.37. The molecule has 1 saturated carbocycles. The number of hydrogen-bond donors (Lipinski definition) is 0. The maximum Gasteiger partial charge on any atom is 0.412 e. The van der Waals surface area contributed by atoms with Crippen LogP contribution in [0.25, 0.3) is 0 Å². The van der Waals surface area contributed by atoms with Crippen LogP contribution < -0.4 is 0 Å². The molecule has 1 aliphatic carbocycles. The van der Waals surface area contributed by atoms with Gasteiger partial charge in [0.15, 0.2) is 0 Å². The lowest BCUT2D eigenvalue weighted by atomic mass is 9.83. The Bertz CT molecular complexity index is 771. The Hall–Kier alpha value is -1.66. The lowest BCUT2D eigenvalue weighted by Crippen LogP contribution is -2.50. The summed E-state index contributed by atoms with van der Waals surface area (Å²) in [4.78, 5) is 19.4. The maximum absolute atomic E-state index is 13.4. The average molecular weight is 489 g/mol. The van der Waals surface area contributed by atoms with Crippen LogP contribution in [0.3, 0.4) is 0 Å². The van der Waals surface area contributed by atoms with Gasteiger partial charge in [-0.2, -0.15) is 0 Å². The van der Waals surface area contributed by atoms with E-state index in [1.54, 1.807) is 0 Å². The first-order valence-electron chi connectivity index (χ1n) is 13.8. The first-order valence-corrected chi connectivity index (χ1v) is 13.8. The molecule has 1 saturated heterocycles. The second kappa shape index (κ2) is 12.5. The van der Waals surface area contributed by atoms with Crippen LogP contribution in [0.1, 0.15) is 117 Å². The Labute approximate surface area is 213 Å². The average Bonchev–Trinajstić information content (AvgIpc) is 3.05. The van der Waals surface area contributed by atoms with Crippen LogP contribution in [0, 0.1) is 5.92 Å². The van der Waals surface area contributed by atoms with Gasteiger partial charge in [0.1, 0.15) is 11.3 Å². The Morgan fingerprint density at radius 3 is 2.51 bits per heavy atom. The van der Waals surface area contributed by atoms with Crippen molar-refractivity contribution in [2.75, 3.05) is 6.61 Å². The highest BCUT2D eigenvalue weighted by molar-refractivity contribution is 5.70. The second-order valence-corrected chi connectivity index (χ2v) is 11.8. The third-order valence-corrected chi connectivity index (χ3v) is 7.23. The minimum absolute atomic E-state index is 0.00344. The third kappa shape index (κ3) is 8.18. The Morgan fingerprint density at radius 1 is 1.20 bits per heavy atom. The summed E-state index contributed by atoms with van der Waals surface area (Å²) >= 11 is 0. The van der Waals surface area contributed by atoms with Crippen molar-refractivity contribution in [3.05, 3.63) is 30.1 Å². The van der Waals surface area contributed by atoms with Crippen molar-refractivity contribution in [3.8, 4) is 0 Å². The van der Waals surface area contributed by atoms with Gasteiger partial charge in [0.05, 0.1) is 18.2 Å². The fourth-order valence-electron chi connectivity index (χ4n) is 5.70. The van der Waals surface area contributed by atoms with Gasteiger partial charge in [-0.1, -0.05) is 39.0 Å². The summed E-state index contributed by atoms with van der Waals surface area (Å²) in [5.74, 6) is 0.649. The Morgan fingerprint density at radius 2 is 1.89 bits per heavy atom. The van der Waals surface area contributed by atoms with Gasteiger partial charge in [0, 0.05) is 19.0 Å². The molecular weight excluding hydrogens is 440 g/mol. The van der Waals surface area contributed by atoms with Crippen molar-refractivity contribution < 1.29 is 19.0 Å². The van der Waals surface area contributed by atoms with E-state index in [4.69, 9.17) is 14.2 Å². The summed E-state index contributed by atoms with van der Waals surface area (Å²) in [6, 6.07) is 4.14. The zero-order chi connectivity index (χ0) is 25.5. The highest BCUT2D eigenvalue weighted by Crippen LogP contribution is 2.41. The summed E-state index contributed by atoms with van der Waals surface area (Å²) in [6.45, 7) is 12.7. The van der Waals surface area contributed by atoms with Gasteiger partial charge < -0.3 is 14.2 Å². The summed E-state index contributed by atoms with van der Waals surface area (Å²) in [5.41, 5.74) is -0.0415. The number of rotatable bonds is 10. The second-order valence-electron chi connectivity index (χ2n) is 11.8. The molecule has 0 N–H and O–H groups in total. The van der Waals surface area contributed by atoms with Crippen LogP contribution >= 0.6 is 0 Å². The smallest absolute Gasteiger partial charge is 0.412 e. The normalized spacial score (nSPS) is 23.9. The van der Waals surface area contributed by atoms with E-state index in [-0.39, 0.29) is 24.3 Å². The zero-order valence-electron chi connectivity index (χ0n) is 22.9. The van der Waals surface area contributed by atoms with E-state index < -0.39 is 11.3 Å². The standard InChI is InChI=1S/C29H48N2O4/c1-7-20-33-25(23-16-18-30-19-17-23)14-11-15-26-24(21-22-12-9-8-10-13-22)31(29(5,6)34-26)27(32)35-28(2,3)4/h16-19,22,24-26H,7-15,20-21H2,1-6H3/t24-,25+,26-/m0/s1. The van der Waals surface area contributed by atoms with Crippen LogP contribution in [0.2, 0.25) is 0 Å². The van der Waals surface area contributed by atoms with Gasteiger partial charge >= 0.3 is 6.09 Å². The molecule has 3 atom stereocenters. The molecule has 2 aliphatic rings. The molecule has 1 aromatic heterocycles. The molecule has 0 radical (unpaired) electrons. The number of amides is 1. The van der Waals surface area contributed by atoms with Gasteiger partial charge in [0.25, 0.3) is 0 Å². The molecule has 0 bridgehead atoms. The van der Waals surface area contributed by atoms with Gasteiger partial charge in [0.2, 0.25) is 0 Å². The van der Waals surface area contributed by atoms with Crippen molar-refractivity contribution in [1.82, 2.24) is 9.88 Å². The molecule has 2 heterocycles. The molecule has 6 nitrogen and oxygen atoms in total. The highest BCUT2D eigenvalue weighted by atomic mass is 16.6. The van der Waals surface area contributed by atoms with Crippen molar-refractivity contribution in [3.63, 3.8) is 0 Å². The van der Waals surface area contributed by atoms with Crippen LogP contribution in [0.5, 0.6) is 0 Å². The SMILES string of the molecule is CCCO[C@H](CCC[C@@H]1OC(C)(C)N(C(=O)OC(C)(C)C)[C@H]1CC1CCCCC1)c1ccncc1. The van der Waals surface area contributed by atoms with E-state index >= 15 is 0 Å². The summed E-state index contributed by atoms with van der Waals surface area (Å²) in [5, 5.41) is 0. The predicted molar refractivity (Wildman–Crippen MR) is 139 cm³/mol. The van der Waals surface area contributed by atoms with Crippen LogP contribution in [-0.2, 0) is 14.2 Å². The van der Waals surface area contributed by atoms with Crippen LogP contribution in [-0.4, -0.2) is 46.1 Å². The highest BCUT2D eigenvalue weighted by Gasteiger charge is 2.51. The number of carbonyl (C=O) groups excluding carboxylic acids is 1. The lowest BCUT2D eigenvalue weighted by molar-refractivity contribution is -0.0806. The summed E-state index contributed by atoms with van der Waals surface area (Å²) in [6.07, 6.45) is 14.7. The number of nitrogens with zero attached hydrogens (tertiary/aromatic N) is 2. The van der Waals surface area contributed by atoms with Gasteiger partial charge in [-0.05, 0) is 90.3 Å². The number of carbonyl (C=O) groups is 1. The number of pyridine rings is 1. The van der Waals surface area contributed by atoms with E-state index in [0.717, 1.165) is 38.7 Å². The minimum Gasteiger partial charge on any atom is -0.444 e. The number of aromatic nitrogens is 1. The molecule has 35 heavy (non-hydrogen) atoms. The first-order chi connectivity index (χ1) is 16.6. The first kappa shape index (κ1) is 27.9. The molecule has 0 aromatic carbocycles. The van der Waals surface area contributed by atoms with Crippen molar-refractivity contribution in [2.45, 2.75) is 135 Å². The predicted octanol–water partition coefficient (Wildman–Crippen LogP) is 7.43. The van der Waals surface area contributed by atoms with Crippen molar-refractivity contribution >= 4 is 6.09 Å². The Balaban J connectivity index is 1.71. The van der Waals surface area contributed by atoms with Crippen LogP contribution in [0.15, 0.2) is 24.5 Å². The third-order valence-electron chi connectivity index (χ3n) is 7.23. The number of ether oxygens (including phenoxy) is 3. The molecular formula is C29H48N2O4. The molecule has 1 aliphatic heterocycles. The molecule has 2 fully saturated rings. The molecule has 3 rings (SSSR count). The van der Waals surface area contributed by atoms with E-state index in [1.807, 2.05) is 64.0 Å². The van der Waals surface area contributed by atoms with E-state index in [2.05, 4.69) is 11.9 Å². The summed E-state index contributed by atoms with van der Waals surface area (Å²) < 4.78 is 18.6. The maximum atomic E-state index is 13.4. The fraction of sp³-hybridized carbons (Fsp3) is 0.793. The topological polar surface area (TPSA) is 60.9 Å². The van der Waals surface area contributed by atoms with E-state index in [9.17, 15) is 4.79 Å². The molecule has 1 amide bonds. The summed E-state index contributed by atoms with van der Waals surface area (Å²) in [7, 11) is 0. The minimum atomic E-state index is -0.685. The van der Waals surface area contributed by atoms with Gasteiger partial charge in [-0.25, -0.2) is 4.79 Å². The molecule has 0 spiro atoms. The fourth-order valence-corrected chi connectivity index (χ4v) is 5.70. The number of hydrogen-bond acceptors (Lipinski definition) is 5. The van der Waals surface area contributed by atoms with E-state index in [1.165, 1.54) is 37.7 Å². The van der Waals surface area contributed by atoms with Crippen LogP contribution in [0.4, 0.5) is 4.79 Å². The Kier molecular flexibility index (Phi) is 10.00. The van der Waals surface area contributed by atoms with E-state index in [0.29, 0.717) is 5.92 Å². The van der Waals surface area contributed by atoms with Crippen molar-refractivity contribution in [1.29, 1.82) is 0 Å². The largest absolute Gasteiger partial charge is 0.444 e. The van der Waals surface area contributed by atoms with Gasteiger partial charge in [-0.3, -0.25) is 9.88 Å². The quantitative estimate of drug-likeness (QED) is 0.343. The van der Waals surface area contributed by atoms with Crippen molar-refractivity contribution in [2.24, 2.45) is 5.92 Å². The monoisotopic (exact) mass is 488 g/mol. The zero-order valence-corrected chi connectivity index (χ0v) is 22.9.